The van der Waals surface area contributed by atoms with Gasteiger partial charge in [0.2, 0.25) is 0 Å². The van der Waals surface area contributed by atoms with Crippen molar-refractivity contribution in [2.75, 3.05) is 0 Å². The number of pyridine rings is 1. The lowest BCUT2D eigenvalue weighted by atomic mass is 9.80. The highest BCUT2D eigenvalue weighted by molar-refractivity contribution is 5.79. The fourth-order valence-electron chi connectivity index (χ4n) is 4.46. The first-order chi connectivity index (χ1) is 9.85. The molecule has 2 saturated carbocycles. The number of hydrogen-bond donors (Lipinski definition) is 2. The van der Waals surface area contributed by atoms with Gasteiger partial charge in [-0.3, -0.25) is 16.3 Å². The molecule has 1 heterocycles. The monoisotopic (exact) mass is 267 g/mol. The van der Waals surface area contributed by atoms with Gasteiger partial charge in [-0.05, 0) is 60.8 Å². The van der Waals surface area contributed by atoms with Gasteiger partial charge in [0, 0.05) is 17.6 Å². The van der Waals surface area contributed by atoms with Crippen LogP contribution in [0.1, 0.15) is 37.3 Å². The van der Waals surface area contributed by atoms with Gasteiger partial charge < -0.3 is 0 Å². The fourth-order valence-corrected chi connectivity index (χ4v) is 4.46. The van der Waals surface area contributed by atoms with E-state index in [1.807, 2.05) is 12.3 Å². The number of benzene rings is 1. The lowest BCUT2D eigenvalue weighted by Crippen LogP contribution is -2.35. The molecule has 2 aromatic rings. The number of fused-ring (bicyclic) bond motifs is 3. The number of hydrogen-bond acceptors (Lipinski definition) is 3. The summed E-state index contributed by atoms with van der Waals surface area (Å²) < 4.78 is 0. The minimum Gasteiger partial charge on any atom is -0.271 e. The third-order valence-corrected chi connectivity index (χ3v) is 5.39. The summed E-state index contributed by atoms with van der Waals surface area (Å²) in [6, 6.07) is 11.0. The molecule has 0 spiro atoms. The summed E-state index contributed by atoms with van der Waals surface area (Å²) in [6.45, 7) is 0. The standard InChI is InChI=1S/C17H21N3/c18-20-17(15-9-11-3-4-12(15)8-11)14-5-6-16-13(10-14)2-1-7-19-16/h1-2,5-7,10-12,15,17,20H,3-4,8-9,18H2. The Kier molecular flexibility index (Phi) is 2.97. The minimum atomic E-state index is 0.287. The molecule has 20 heavy (non-hydrogen) atoms. The normalized spacial score (nSPS) is 29.9. The van der Waals surface area contributed by atoms with E-state index in [1.54, 1.807) is 0 Å². The molecule has 1 aromatic heterocycles. The highest BCUT2D eigenvalue weighted by atomic mass is 15.2. The minimum absolute atomic E-state index is 0.287. The molecule has 2 aliphatic rings. The average molecular weight is 267 g/mol. The van der Waals surface area contributed by atoms with Crippen LogP contribution in [0.4, 0.5) is 0 Å². The van der Waals surface area contributed by atoms with Crippen LogP contribution in [0.5, 0.6) is 0 Å². The largest absolute Gasteiger partial charge is 0.271 e. The summed E-state index contributed by atoms with van der Waals surface area (Å²) in [5, 5.41) is 1.20. The van der Waals surface area contributed by atoms with Crippen molar-refractivity contribution in [1.29, 1.82) is 0 Å². The van der Waals surface area contributed by atoms with Crippen molar-refractivity contribution in [2.45, 2.75) is 31.7 Å². The Hall–Kier alpha value is -1.45. The van der Waals surface area contributed by atoms with E-state index >= 15 is 0 Å². The van der Waals surface area contributed by atoms with Crippen molar-refractivity contribution in [3.05, 3.63) is 42.1 Å². The van der Waals surface area contributed by atoms with E-state index in [-0.39, 0.29) is 6.04 Å². The van der Waals surface area contributed by atoms with E-state index in [4.69, 9.17) is 5.84 Å². The molecule has 2 bridgehead atoms. The summed E-state index contributed by atoms with van der Waals surface area (Å²) in [4.78, 5) is 4.39. The van der Waals surface area contributed by atoms with Crippen molar-refractivity contribution in [2.24, 2.45) is 23.6 Å². The van der Waals surface area contributed by atoms with Gasteiger partial charge in [0.05, 0.1) is 5.52 Å². The Morgan fingerprint density at radius 1 is 1.20 bits per heavy atom. The third kappa shape index (κ3) is 1.93. The maximum Gasteiger partial charge on any atom is 0.0702 e. The van der Waals surface area contributed by atoms with E-state index in [0.29, 0.717) is 5.92 Å². The summed E-state index contributed by atoms with van der Waals surface area (Å²) in [7, 11) is 0. The molecule has 4 rings (SSSR count). The quantitative estimate of drug-likeness (QED) is 0.663. The van der Waals surface area contributed by atoms with Gasteiger partial charge in [-0.15, -0.1) is 0 Å². The van der Waals surface area contributed by atoms with Crippen molar-refractivity contribution in [1.82, 2.24) is 10.4 Å². The predicted molar refractivity (Wildman–Crippen MR) is 80.7 cm³/mol. The van der Waals surface area contributed by atoms with E-state index in [1.165, 1.54) is 36.6 Å². The average Bonchev–Trinajstić information content (AvgIpc) is 3.11. The molecule has 0 saturated heterocycles. The maximum absolute atomic E-state index is 5.89. The molecule has 1 aromatic carbocycles. The first kappa shape index (κ1) is 12.3. The van der Waals surface area contributed by atoms with Crippen LogP contribution in [0.15, 0.2) is 36.5 Å². The summed E-state index contributed by atoms with van der Waals surface area (Å²) in [5.41, 5.74) is 5.46. The molecule has 3 heteroatoms. The number of nitrogens with one attached hydrogen (secondary N) is 1. The smallest absolute Gasteiger partial charge is 0.0702 e. The van der Waals surface area contributed by atoms with Gasteiger partial charge in [-0.1, -0.05) is 18.6 Å². The summed E-state index contributed by atoms with van der Waals surface area (Å²) >= 11 is 0. The molecule has 3 nitrogen and oxygen atoms in total. The Morgan fingerprint density at radius 3 is 2.90 bits per heavy atom. The maximum atomic E-state index is 5.89. The molecule has 2 fully saturated rings. The zero-order chi connectivity index (χ0) is 13.5. The Balaban J connectivity index is 1.68. The van der Waals surface area contributed by atoms with Gasteiger partial charge in [0.1, 0.15) is 0 Å². The van der Waals surface area contributed by atoms with Crippen molar-refractivity contribution in [3.8, 4) is 0 Å². The molecule has 3 N–H and O–H groups in total. The Labute approximate surface area is 119 Å². The second-order valence-corrected chi connectivity index (χ2v) is 6.44. The third-order valence-electron chi connectivity index (χ3n) is 5.39. The molecule has 104 valence electrons. The van der Waals surface area contributed by atoms with Gasteiger partial charge in [-0.2, -0.15) is 0 Å². The lowest BCUT2D eigenvalue weighted by molar-refractivity contribution is 0.252. The fraction of sp³-hybridized carbons (Fsp3) is 0.471. The molecule has 2 aliphatic carbocycles. The molecule has 0 radical (unpaired) electrons. The lowest BCUT2D eigenvalue weighted by Gasteiger charge is -2.30. The highest BCUT2D eigenvalue weighted by Crippen LogP contribution is 2.52. The highest BCUT2D eigenvalue weighted by Gasteiger charge is 2.43. The molecule has 4 atom stereocenters. The van der Waals surface area contributed by atoms with Crippen LogP contribution in [0.2, 0.25) is 0 Å². The van der Waals surface area contributed by atoms with Crippen molar-refractivity contribution >= 4 is 10.9 Å². The van der Waals surface area contributed by atoms with E-state index in [2.05, 4.69) is 34.7 Å². The zero-order valence-electron chi connectivity index (χ0n) is 11.6. The number of hydrazine groups is 1. The Bertz CT molecular complexity index is 624. The molecule has 0 aliphatic heterocycles. The predicted octanol–water partition coefficient (Wildman–Crippen LogP) is 3.18. The first-order valence-corrected chi connectivity index (χ1v) is 7.66. The number of aromatic nitrogens is 1. The second-order valence-electron chi connectivity index (χ2n) is 6.44. The van der Waals surface area contributed by atoms with Crippen LogP contribution < -0.4 is 11.3 Å². The topological polar surface area (TPSA) is 50.9 Å². The molecular formula is C17H21N3. The second kappa shape index (κ2) is 4.83. The molecule has 0 amide bonds. The summed E-state index contributed by atoms with van der Waals surface area (Å²) in [5.74, 6) is 8.41. The first-order valence-electron chi connectivity index (χ1n) is 7.66. The van der Waals surface area contributed by atoms with Crippen molar-refractivity contribution in [3.63, 3.8) is 0 Å². The Morgan fingerprint density at radius 2 is 2.15 bits per heavy atom. The van der Waals surface area contributed by atoms with Crippen LogP contribution >= 0.6 is 0 Å². The number of nitrogens with zero attached hydrogens (tertiary/aromatic N) is 1. The zero-order valence-corrected chi connectivity index (χ0v) is 11.6. The summed E-state index contributed by atoms with van der Waals surface area (Å²) in [6.07, 6.45) is 7.42. The molecular weight excluding hydrogens is 246 g/mol. The van der Waals surface area contributed by atoms with Gasteiger partial charge in [0.15, 0.2) is 0 Å². The van der Waals surface area contributed by atoms with E-state index in [9.17, 15) is 0 Å². The van der Waals surface area contributed by atoms with Crippen LogP contribution in [0.25, 0.3) is 10.9 Å². The van der Waals surface area contributed by atoms with Crippen LogP contribution in [0.3, 0.4) is 0 Å². The number of rotatable bonds is 3. The van der Waals surface area contributed by atoms with Crippen LogP contribution in [-0.2, 0) is 0 Å². The van der Waals surface area contributed by atoms with Gasteiger partial charge in [0.25, 0.3) is 0 Å². The van der Waals surface area contributed by atoms with Gasteiger partial charge in [-0.25, -0.2) is 0 Å². The van der Waals surface area contributed by atoms with E-state index < -0.39 is 0 Å². The SMILES string of the molecule is NNC(c1ccc2ncccc2c1)C1CC2CCC1C2. The van der Waals surface area contributed by atoms with E-state index in [0.717, 1.165) is 17.4 Å². The van der Waals surface area contributed by atoms with Crippen LogP contribution in [0, 0.1) is 17.8 Å². The van der Waals surface area contributed by atoms with Gasteiger partial charge >= 0.3 is 0 Å². The van der Waals surface area contributed by atoms with Crippen LogP contribution in [-0.4, -0.2) is 4.98 Å². The molecule has 4 unspecified atom stereocenters. The number of nitrogens with two attached hydrogens (primary N) is 1. The van der Waals surface area contributed by atoms with Crippen molar-refractivity contribution < 1.29 is 0 Å².